The van der Waals surface area contributed by atoms with Crippen molar-refractivity contribution in [1.82, 2.24) is 4.90 Å². The molecule has 8 heteroatoms. The van der Waals surface area contributed by atoms with Gasteiger partial charge in [-0.1, -0.05) is 0 Å². The van der Waals surface area contributed by atoms with Gasteiger partial charge in [0.25, 0.3) is 5.91 Å². The molecule has 136 valence electrons. The molecule has 1 aliphatic heterocycles. The van der Waals surface area contributed by atoms with Crippen LogP contribution in [0.2, 0.25) is 0 Å². The monoisotopic (exact) mass is 413 g/mol. The molecule has 0 radical (unpaired) electrons. The standard InChI is InChI=1S/C17H20BrNO6/c1-2-23-17(22)12-7-9-19(10-8-12)15(20)11-24-16(21)6-4-13-3-5-14(18)25-13/h3-6,12H,2,7-11H2,1H3/b6-4+. The first-order valence-electron chi connectivity index (χ1n) is 8.04. The van der Waals surface area contributed by atoms with E-state index in [0.717, 1.165) is 0 Å². The minimum absolute atomic E-state index is 0.165. The number of hydrogen-bond acceptors (Lipinski definition) is 6. The van der Waals surface area contributed by atoms with Gasteiger partial charge in [0, 0.05) is 19.2 Å². The van der Waals surface area contributed by atoms with Crippen molar-refractivity contribution >= 4 is 39.9 Å². The molecule has 1 aromatic rings. The first-order valence-corrected chi connectivity index (χ1v) is 8.83. The quantitative estimate of drug-likeness (QED) is 0.525. The van der Waals surface area contributed by atoms with Crippen LogP contribution < -0.4 is 0 Å². The molecule has 25 heavy (non-hydrogen) atoms. The molecule has 0 atom stereocenters. The number of carbonyl (C=O) groups excluding carboxylic acids is 3. The third-order valence-corrected chi connectivity index (χ3v) is 4.21. The van der Waals surface area contributed by atoms with Gasteiger partial charge in [0.1, 0.15) is 5.76 Å². The van der Waals surface area contributed by atoms with E-state index in [1.54, 1.807) is 24.0 Å². The Morgan fingerprint density at radius 3 is 2.60 bits per heavy atom. The molecule has 1 aliphatic rings. The zero-order valence-electron chi connectivity index (χ0n) is 13.9. The Kier molecular flexibility index (Phi) is 7.24. The fourth-order valence-electron chi connectivity index (χ4n) is 2.46. The number of piperidine rings is 1. The van der Waals surface area contributed by atoms with Crippen molar-refractivity contribution in [3.05, 3.63) is 28.6 Å². The predicted molar refractivity (Wildman–Crippen MR) is 92.3 cm³/mol. The summed E-state index contributed by atoms with van der Waals surface area (Å²) in [6, 6.07) is 3.39. The fourth-order valence-corrected chi connectivity index (χ4v) is 2.78. The number of furan rings is 1. The summed E-state index contributed by atoms with van der Waals surface area (Å²) in [5.41, 5.74) is 0. The molecule has 0 bridgehead atoms. The third kappa shape index (κ3) is 6.04. The molecule has 1 aromatic heterocycles. The molecule has 1 fully saturated rings. The summed E-state index contributed by atoms with van der Waals surface area (Å²) in [6.45, 7) is 2.71. The van der Waals surface area contributed by atoms with Crippen LogP contribution >= 0.6 is 15.9 Å². The summed E-state index contributed by atoms with van der Waals surface area (Å²) in [5, 5.41) is 0. The maximum absolute atomic E-state index is 12.1. The van der Waals surface area contributed by atoms with E-state index in [4.69, 9.17) is 13.9 Å². The predicted octanol–water partition coefficient (Wildman–Crippen LogP) is 2.40. The van der Waals surface area contributed by atoms with Crippen molar-refractivity contribution in [2.75, 3.05) is 26.3 Å². The average Bonchev–Trinajstić information content (AvgIpc) is 3.03. The molecule has 2 heterocycles. The molecule has 1 amide bonds. The van der Waals surface area contributed by atoms with E-state index in [-0.39, 0.29) is 24.4 Å². The Morgan fingerprint density at radius 2 is 2.00 bits per heavy atom. The fraction of sp³-hybridized carbons (Fsp3) is 0.471. The normalized spacial score (nSPS) is 15.4. The molecule has 2 rings (SSSR count). The number of rotatable bonds is 6. The smallest absolute Gasteiger partial charge is 0.331 e. The lowest BCUT2D eigenvalue weighted by atomic mass is 9.97. The molecular weight excluding hydrogens is 394 g/mol. The van der Waals surface area contributed by atoms with Crippen LogP contribution in [0.3, 0.4) is 0 Å². The third-order valence-electron chi connectivity index (χ3n) is 3.78. The topological polar surface area (TPSA) is 86.0 Å². The van der Waals surface area contributed by atoms with Crippen LogP contribution in [-0.2, 0) is 23.9 Å². The first-order chi connectivity index (χ1) is 12.0. The zero-order valence-corrected chi connectivity index (χ0v) is 15.5. The van der Waals surface area contributed by atoms with Gasteiger partial charge < -0.3 is 18.8 Å². The SMILES string of the molecule is CCOC(=O)C1CCN(C(=O)COC(=O)/C=C/c2ccc(Br)o2)CC1. The lowest BCUT2D eigenvalue weighted by Gasteiger charge is -2.30. The van der Waals surface area contributed by atoms with Gasteiger partial charge in [-0.3, -0.25) is 9.59 Å². The lowest BCUT2D eigenvalue weighted by molar-refractivity contribution is -0.153. The zero-order chi connectivity index (χ0) is 18.2. The molecular formula is C17H20BrNO6. The van der Waals surface area contributed by atoms with Crippen molar-refractivity contribution in [2.45, 2.75) is 19.8 Å². The molecule has 0 aliphatic carbocycles. The summed E-state index contributed by atoms with van der Waals surface area (Å²) >= 11 is 3.16. The van der Waals surface area contributed by atoms with Gasteiger partial charge in [-0.25, -0.2) is 4.79 Å². The van der Waals surface area contributed by atoms with E-state index in [2.05, 4.69) is 15.9 Å². The number of likely N-dealkylation sites (tertiary alicyclic amines) is 1. The Labute approximate surface area is 154 Å². The highest BCUT2D eigenvalue weighted by molar-refractivity contribution is 9.10. The highest BCUT2D eigenvalue weighted by Gasteiger charge is 2.28. The van der Waals surface area contributed by atoms with Crippen LogP contribution in [-0.4, -0.2) is 49.0 Å². The highest BCUT2D eigenvalue weighted by Crippen LogP contribution is 2.19. The van der Waals surface area contributed by atoms with Crippen LogP contribution in [0.25, 0.3) is 6.08 Å². The summed E-state index contributed by atoms with van der Waals surface area (Å²) in [7, 11) is 0. The molecule has 0 spiro atoms. The van der Waals surface area contributed by atoms with Gasteiger partial charge in [-0.05, 0) is 53.9 Å². The number of carbonyl (C=O) groups is 3. The Morgan fingerprint density at radius 1 is 1.28 bits per heavy atom. The van der Waals surface area contributed by atoms with E-state index in [0.29, 0.717) is 43.0 Å². The Bertz CT molecular complexity index is 645. The van der Waals surface area contributed by atoms with Gasteiger partial charge in [0.2, 0.25) is 0 Å². The minimum Gasteiger partial charge on any atom is -0.466 e. The van der Waals surface area contributed by atoms with Crippen molar-refractivity contribution in [2.24, 2.45) is 5.92 Å². The van der Waals surface area contributed by atoms with E-state index >= 15 is 0 Å². The van der Waals surface area contributed by atoms with Crippen molar-refractivity contribution < 1.29 is 28.3 Å². The maximum atomic E-state index is 12.1. The highest BCUT2D eigenvalue weighted by atomic mass is 79.9. The number of amides is 1. The minimum atomic E-state index is -0.623. The second-order valence-electron chi connectivity index (χ2n) is 5.49. The summed E-state index contributed by atoms with van der Waals surface area (Å²) in [6.07, 6.45) is 3.78. The second kappa shape index (κ2) is 9.41. The number of ether oxygens (including phenoxy) is 2. The average molecular weight is 414 g/mol. The van der Waals surface area contributed by atoms with Crippen molar-refractivity contribution in [1.29, 1.82) is 0 Å². The van der Waals surface area contributed by atoms with Gasteiger partial charge in [-0.2, -0.15) is 0 Å². The molecule has 1 saturated heterocycles. The summed E-state index contributed by atoms with van der Waals surface area (Å²) < 4.78 is 15.7. The lowest BCUT2D eigenvalue weighted by Crippen LogP contribution is -2.42. The molecule has 7 nitrogen and oxygen atoms in total. The molecule has 0 saturated carbocycles. The van der Waals surface area contributed by atoms with Crippen LogP contribution in [0.15, 0.2) is 27.3 Å². The van der Waals surface area contributed by atoms with Gasteiger partial charge in [0.15, 0.2) is 11.3 Å². The van der Waals surface area contributed by atoms with E-state index < -0.39 is 5.97 Å². The number of nitrogens with zero attached hydrogens (tertiary/aromatic N) is 1. The van der Waals surface area contributed by atoms with E-state index in [1.165, 1.54) is 12.2 Å². The van der Waals surface area contributed by atoms with Crippen LogP contribution in [0.5, 0.6) is 0 Å². The van der Waals surface area contributed by atoms with Gasteiger partial charge >= 0.3 is 11.9 Å². The number of halogens is 1. The van der Waals surface area contributed by atoms with E-state index in [1.807, 2.05) is 0 Å². The summed E-state index contributed by atoms with van der Waals surface area (Å²) in [5.74, 6) is -0.777. The Hall–Kier alpha value is -2.09. The Balaban J connectivity index is 1.71. The van der Waals surface area contributed by atoms with Crippen molar-refractivity contribution in [3.63, 3.8) is 0 Å². The number of hydrogen-bond donors (Lipinski definition) is 0. The van der Waals surface area contributed by atoms with Crippen molar-refractivity contribution in [3.8, 4) is 0 Å². The van der Waals surface area contributed by atoms with Crippen LogP contribution in [0.1, 0.15) is 25.5 Å². The van der Waals surface area contributed by atoms with E-state index in [9.17, 15) is 14.4 Å². The molecule has 0 aromatic carbocycles. The largest absolute Gasteiger partial charge is 0.466 e. The molecule has 0 unspecified atom stereocenters. The molecule has 0 N–H and O–H groups in total. The summed E-state index contributed by atoms with van der Waals surface area (Å²) in [4.78, 5) is 37.0. The van der Waals surface area contributed by atoms with Crippen LogP contribution in [0, 0.1) is 5.92 Å². The second-order valence-corrected chi connectivity index (χ2v) is 6.27. The van der Waals surface area contributed by atoms with Gasteiger partial charge in [-0.15, -0.1) is 0 Å². The first kappa shape index (κ1) is 19.2. The van der Waals surface area contributed by atoms with Crippen LogP contribution in [0.4, 0.5) is 0 Å². The maximum Gasteiger partial charge on any atom is 0.331 e. The number of esters is 2. The van der Waals surface area contributed by atoms with Gasteiger partial charge in [0.05, 0.1) is 12.5 Å².